The van der Waals surface area contributed by atoms with Crippen LogP contribution in [0.5, 0.6) is 0 Å². The van der Waals surface area contributed by atoms with Gasteiger partial charge in [0.05, 0.1) is 13.2 Å². The van der Waals surface area contributed by atoms with Crippen LogP contribution in [0.15, 0.2) is 29.2 Å². The summed E-state index contributed by atoms with van der Waals surface area (Å²) < 4.78 is 24.9. The minimum atomic E-state index is -2.35. The zero-order valence-corrected chi connectivity index (χ0v) is 10.9. The van der Waals surface area contributed by atoms with Gasteiger partial charge >= 0.3 is 0 Å². The standard InChI is InChI=1S/C13H17F2NOS/c14-13(15)8-16(5-6-17)7-10-9-18-12-4-2-1-3-11(10)12/h1-4,10,13,17H,5-9H2. The number of aliphatic hydroxyl groups is 1. The molecule has 0 radical (unpaired) electrons. The number of fused-ring (bicyclic) bond motifs is 1. The highest BCUT2D eigenvalue weighted by atomic mass is 32.2. The Morgan fingerprint density at radius 3 is 2.89 bits per heavy atom. The number of aliphatic hydroxyl groups excluding tert-OH is 1. The van der Waals surface area contributed by atoms with Crippen molar-refractivity contribution in [2.24, 2.45) is 0 Å². The van der Waals surface area contributed by atoms with E-state index in [2.05, 4.69) is 12.1 Å². The molecule has 2 rings (SSSR count). The van der Waals surface area contributed by atoms with Crippen LogP contribution in [0.25, 0.3) is 0 Å². The van der Waals surface area contributed by atoms with E-state index in [4.69, 9.17) is 5.11 Å². The molecule has 18 heavy (non-hydrogen) atoms. The molecule has 1 aromatic rings. The largest absolute Gasteiger partial charge is 0.395 e. The number of nitrogens with zero attached hydrogens (tertiary/aromatic N) is 1. The van der Waals surface area contributed by atoms with Gasteiger partial charge in [0.15, 0.2) is 0 Å². The smallest absolute Gasteiger partial charge is 0.251 e. The molecule has 1 heterocycles. The lowest BCUT2D eigenvalue weighted by Crippen LogP contribution is -2.35. The van der Waals surface area contributed by atoms with Crippen molar-refractivity contribution < 1.29 is 13.9 Å². The second-order valence-corrected chi connectivity index (χ2v) is 5.48. The van der Waals surface area contributed by atoms with Gasteiger partial charge in [0.2, 0.25) is 0 Å². The molecule has 0 bridgehead atoms. The molecule has 0 aliphatic carbocycles. The lowest BCUT2D eigenvalue weighted by molar-refractivity contribution is 0.0761. The molecule has 1 atom stereocenters. The average Bonchev–Trinajstić information content (AvgIpc) is 2.72. The molecule has 0 fully saturated rings. The van der Waals surface area contributed by atoms with E-state index in [0.29, 0.717) is 13.1 Å². The molecule has 1 aromatic carbocycles. The maximum atomic E-state index is 12.4. The first-order valence-corrected chi connectivity index (χ1v) is 7.02. The van der Waals surface area contributed by atoms with E-state index < -0.39 is 6.43 Å². The minimum absolute atomic E-state index is 0.0752. The van der Waals surface area contributed by atoms with Crippen molar-refractivity contribution in [3.63, 3.8) is 0 Å². The van der Waals surface area contributed by atoms with Crippen LogP contribution >= 0.6 is 11.8 Å². The second-order valence-electron chi connectivity index (χ2n) is 4.42. The van der Waals surface area contributed by atoms with E-state index in [0.717, 1.165) is 5.75 Å². The highest BCUT2D eigenvalue weighted by Gasteiger charge is 2.25. The summed E-state index contributed by atoms with van der Waals surface area (Å²) in [6, 6.07) is 8.13. The van der Waals surface area contributed by atoms with Gasteiger partial charge < -0.3 is 5.11 Å². The molecule has 1 N–H and O–H groups in total. The predicted molar refractivity (Wildman–Crippen MR) is 69.4 cm³/mol. The molecule has 0 aromatic heterocycles. The number of thioether (sulfide) groups is 1. The quantitative estimate of drug-likeness (QED) is 0.861. The van der Waals surface area contributed by atoms with Crippen LogP contribution in [0.3, 0.4) is 0 Å². The molecule has 0 saturated carbocycles. The Hall–Kier alpha value is -0.650. The van der Waals surface area contributed by atoms with Crippen molar-refractivity contribution in [1.29, 1.82) is 0 Å². The Labute approximate surface area is 110 Å². The summed E-state index contributed by atoms with van der Waals surface area (Å²) in [4.78, 5) is 2.90. The molecule has 0 spiro atoms. The van der Waals surface area contributed by atoms with Gasteiger partial charge in [-0.05, 0) is 11.6 Å². The first-order valence-electron chi connectivity index (χ1n) is 6.03. The molecule has 1 aliphatic rings. The van der Waals surface area contributed by atoms with Gasteiger partial charge in [0, 0.05) is 29.7 Å². The summed E-state index contributed by atoms with van der Waals surface area (Å²) in [5, 5.41) is 8.93. The molecule has 5 heteroatoms. The third kappa shape index (κ3) is 3.43. The lowest BCUT2D eigenvalue weighted by atomic mass is 10.0. The van der Waals surface area contributed by atoms with Crippen LogP contribution in [0, 0.1) is 0 Å². The summed E-state index contributed by atoms with van der Waals surface area (Å²) in [5.41, 5.74) is 1.25. The molecular formula is C13H17F2NOS. The van der Waals surface area contributed by atoms with E-state index in [1.807, 2.05) is 12.1 Å². The Bertz CT molecular complexity index is 389. The summed E-state index contributed by atoms with van der Waals surface area (Å²) in [6.45, 7) is 0.570. The number of hydrogen-bond acceptors (Lipinski definition) is 3. The Morgan fingerprint density at radius 2 is 2.17 bits per heavy atom. The number of rotatable bonds is 6. The van der Waals surface area contributed by atoms with Crippen molar-refractivity contribution in [2.45, 2.75) is 17.2 Å². The molecule has 2 nitrogen and oxygen atoms in total. The van der Waals surface area contributed by atoms with Gasteiger partial charge in [-0.3, -0.25) is 4.90 Å². The Balaban J connectivity index is 2.00. The second kappa shape index (κ2) is 6.50. The zero-order chi connectivity index (χ0) is 13.0. The molecule has 0 amide bonds. The van der Waals surface area contributed by atoms with E-state index in [9.17, 15) is 8.78 Å². The summed E-state index contributed by atoms with van der Waals surface area (Å²) in [6.07, 6.45) is -2.35. The molecule has 1 aliphatic heterocycles. The van der Waals surface area contributed by atoms with Crippen LogP contribution in [-0.4, -0.2) is 48.4 Å². The van der Waals surface area contributed by atoms with Crippen molar-refractivity contribution in [3.8, 4) is 0 Å². The molecule has 1 unspecified atom stereocenters. The Kier molecular flexibility index (Phi) is 4.97. The summed E-state index contributed by atoms with van der Waals surface area (Å²) in [5.74, 6) is 1.22. The predicted octanol–water partition coefficient (Wildman–Crippen LogP) is 2.44. The van der Waals surface area contributed by atoms with Crippen LogP contribution in [0.2, 0.25) is 0 Å². The van der Waals surface area contributed by atoms with E-state index in [1.54, 1.807) is 16.7 Å². The lowest BCUT2D eigenvalue weighted by Gasteiger charge is -2.24. The van der Waals surface area contributed by atoms with Gasteiger partial charge in [0.1, 0.15) is 0 Å². The van der Waals surface area contributed by atoms with Crippen molar-refractivity contribution >= 4 is 11.8 Å². The number of benzene rings is 1. The van der Waals surface area contributed by atoms with E-state index in [-0.39, 0.29) is 19.1 Å². The van der Waals surface area contributed by atoms with Crippen LogP contribution in [0.1, 0.15) is 11.5 Å². The third-order valence-electron chi connectivity index (χ3n) is 3.09. The molecular weight excluding hydrogens is 256 g/mol. The normalized spacial score (nSPS) is 18.6. The summed E-state index contributed by atoms with van der Waals surface area (Å²) >= 11 is 1.78. The topological polar surface area (TPSA) is 23.5 Å². The van der Waals surface area contributed by atoms with Gasteiger partial charge in [-0.25, -0.2) is 8.78 Å². The zero-order valence-electron chi connectivity index (χ0n) is 10.1. The fraction of sp³-hybridized carbons (Fsp3) is 0.538. The number of alkyl halides is 2. The van der Waals surface area contributed by atoms with Gasteiger partial charge in [-0.2, -0.15) is 0 Å². The minimum Gasteiger partial charge on any atom is -0.395 e. The monoisotopic (exact) mass is 273 g/mol. The average molecular weight is 273 g/mol. The maximum Gasteiger partial charge on any atom is 0.251 e. The number of halogens is 2. The van der Waals surface area contributed by atoms with E-state index >= 15 is 0 Å². The maximum absolute atomic E-state index is 12.4. The van der Waals surface area contributed by atoms with Crippen molar-refractivity contribution in [2.75, 3.05) is 32.0 Å². The molecule has 0 saturated heterocycles. The van der Waals surface area contributed by atoms with Gasteiger partial charge in [0.25, 0.3) is 6.43 Å². The fourth-order valence-electron chi connectivity index (χ4n) is 2.29. The SMILES string of the molecule is OCCN(CC(F)F)CC1CSc2ccccc21. The highest BCUT2D eigenvalue weighted by molar-refractivity contribution is 7.99. The first kappa shape index (κ1) is 13.8. The van der Waals surface area contributed by atoms with Crippen molar-refractivity contribution in [1.82, 2.24) is 4.90 Å². The number of hydrogen-bond donors (Lipinski definition) is 1. The van der Waals surface area contributed by atoms with Gasteiger partial charge in [-0.15, -0.1) is 11.8 Å². The van der Waals surface area contributed by atoms with Gasteiger partial charge in [-0.1, -0.05) is 18.2 Å². The Morgan fingerprint density at radius 1 is 1.39 bits per heavy atom. The van der Waals surface area contributed by atoms with Crippen LogP contribution < -0.4 is 0 Å². The third-order valence-corrected chi connectivity index (χ3v) is 4.34. The fourth-order valence-corrected chi connectivity index (χ4v) is 3.53. The van der Waals surface area contributed by atoms with E-state index in [1.165, 1.54) is 10.5 Å². The summed E-state index contributed by atoms with van der Waals surface area (Å²) in [7, 11) is 0. The first-order chi connectivity index (χ1) is 8.70. The molecule has 100 valence electrons. The highest BCUT2D eigenvalue weighted by Crippen LogP contribution is 2.39. The van der Waals surface area contributed by atoms with Crippen LogP contribution in [-0.2, 0) is 0 Å². The van der Waals surface area contributed by atoms with Crippen LogP contribution in [0.4, 0.5) is 8.78 Å². The van der Waals surface area contributed by atoms with Crippen molar-refractivity contribution in [3.05, 3.63) is 29.8 Å².